The topological polar surface area (TPSA) is 63.5 Å². The third kappa shape index (κ3) is 6.29. The molecule has 2 N–H and O–H groups in total. The van der Waals surface area contributed by atoms with Crippen molar-refractivity contribution in [2.75, 3.05) is 13.1 Å². The second-order valence-corrected chi connectivity index (χ2v) is 7.49. The molecular formula is C22H35N5O. The van der Waals surface area contributed by atoms with Crippen LogP contribution < -0.4 is 15.4 Å². The van der Waals surface area contributed by atoms with E-state index in [-0.39, 0.29) is 12.1 Å². The quantitative estimate of drug-likeness (QED) is 0.541. The zero-order valence-electron chi connectivity index (χ0n) is 18.3. The van der Waals surface area contributed by atoms with Crippen molar-refractivity contribution in [2.24, 2.45) is 12.0 Å². The van der Waals surface area contributed by atoms with Crippen LogP contribution in [-0.4, -0.2) is 41.0 Å². The molecule has 0 saturated carbocycles. The Hall–Kier alpha value is -2.50. The summed E-state index contributed by atoms with van der Waals surface area (Å²) in [7, 11) is 1.99. The smallest absolute Gasteiger partial charge is 0.191 e. The van der Waals surface area contributed by atoms with Crippen LogP contribution in [0.25, 0.3) is 0 Å². The molecule has 0 spiro atoms. The number of nitrogens with one attached hydrogen (secondary N) is 2. The Morgan fingerprint density at radius 2 is 2.00 bits per heavy atom. The van der Waals surface area contributed by atoms with E-state index in [1.54, 1.807) is 0 Å². The largest absolute Gasteiger partial charge is 0.489 e. The number of nitrogens with zero attached hydrogens (tertiary/aromatic N) is 3. The zero-order chi connectivity index (χ0) is 20.7. The van der Waals surface area contributed by atoms with Gasteiger partial charge in [0.15, 0.2) is 5.96 Å². The maximum atomic E-state index is 5.98. The van der Waals surface area contributed by atoms with Gasteiger partial charge in [-0.1, -0.05) is 12.1 Å². The second-order valence-electron chi connectivity index (χ2n) is 7.49. The molecule has 0 bridgehead atoms. The summed E-state index contributed by atoms with van der Waals surface area (Å²) in [6.45, 7) is 13.9. The molecule has 6 heteroatoms. The highest BCUT2D eigenvalue weighted by Crippen LogP contribution is 2.15. The van der Waals surface area contributed by atoms with Gasteiger partial charge >= 0.3 is 0 Å². The highest BCUT2D eigenvalue weighted by atomic mass is 16.5. The molecule has 1 aromatic carbocycles. The molecule has 0 aliphatic heterocycles. The van der Waals surface area contributed by atoms with Crippen LogP contribution in [0.2, 0.25) is 0 Å². The van der Waals surface area contributed by atoms with E-state index in [1.165, 1.54) is 16.8 Å². The van der Waals surface area contributed by atoms with Gasteiger partial charge in [0.2, 0.25) is 0 Å². The lowest BCUT2D eigenvalue weighted by Gasteiger charge is -2.19. The standard InChI is InChI=1S/C22H35N5O/c1-8-23-22(24-14-17(4)28-20-11-9-10-15(2)12-20)25-16(3)13-21-18(5)26-27(7)19(21)6/h9-12,16-17H,8,13-14H2,1-7H3,(H2,23,24,25). The summed E-state index contributed by atoms with van der Waals surface area (Å²) in [4.78, 5) is 4.71. The van der Waals surface area contributed by atoms with Crippen molar-refractivity contribution >= 4 is 5.96 Å². The number of ether oxygens (including phenoxy) is 1. The number of aromatic nitrogens is 2. The third-order valence-corrected chi connectivity index (χ3v) is 4.73. The normalized spacial score (nSPS) is 13.9. The van der Waals surface area contributed by atoms with Crippen molar-refractivity contribution in [3.05, 3.63) is 46.8 Å². The number of benzene rings is 1. The fourth-order valence-corrected chi connectivity index (χ4v) is 3.20. The summed E-state index contributed by atoms with van der Waals surface area (Å²) in [6.07, 6.45) is 0.904. The summed E-state index contributed by atoms with van der Waals surface area (Å²) in [6, 6.07) is 8.35. The van der Waals surface area contributed by atoms with Crippen molar-refractivity contribution in [1.82, 2.24) is 20.4 Å². The van der Waals surface area contributed by atoms with E-state index in [0.717, 1.165) is 30.4 Å². The zero-order valence-corrected chi connectivity index (χ0v) is 18.3. The van der Waals surface area contributed by atoms with Gasteiger partial charge in [-0.2, -0.15) is 5.10 Å². The predicted octanol–water partition coefficient (Wildman–Crippen LogP) is 3.30. The molecule has 1 aromatic heterocycles. The number of aliphatic imine (C=N–C) groups is 1. The molecule has 2 atom stereocenters. The Balaban J connectivity index is 1.95. The van der Waals surface area contributed by atoms with Gasteiger partial charge in [-0.15, -0.1) is 0 Å². The van der Waals surface area contributed by atoms with Crippen LogP contribution in [0.15, 0.2) is 29.3 Å². The van der Waals surface area contributed by atoms with Gasteiger partial charge in [-0.3, -0.25) is 4.68 Å². The van der Waals surface area contributed by atoms with E-state index in [0.29, 0.717) is 6.54 Å². The minimum Gasteiger partial charge on any atom is -0.489 e. The first-order valence-corrected chi connectivity index (χ1v) is 10.1. The van der Waals surface area contributed by atoms with Crippen LogP contribution in [0.5, 0.6) is 5.75 Å². The minimum atomic E-state index is -0.00428. The van der Waals surface area contributed by atoms with E-state index >= 15 is 0 Å². The van der Waals surface area contributed by atoms with Gasteiger partial charge < -0.3 is 15.4 Å². The molecule has 28 heavy (non-hydrogen) atoms. The van der Waals surface area contributed by atoms with Crippen LogP contribution in [0, 0.1) is 20.8 Å². The first-order chi connectivity index (χ1) is 13.3. The lowest BCUT2D eigenvalue weighted by Crippen LogP contribution is -2.43. The molecule has 1 heterocycles. The molecule has 0 saturated heterocycles. The SMILES string of the molecule is CCNC(=NCC(C)Oc1cccc(C)c1)NC(C)Cc1c(C)nn(C)c1C. The molecule has 0 amide bonds. The van der Waals surface area contributed by atoms with E-state index < -0.39 is 0 Å². The molecule has 0 radical (unpaired) electrons. The van der Waals surface area contributed by atoms with E-state index in [9.17, 15) is 0 Å². The summed E-state index contributed by atoms with van der Waals surface area (Å²) < 4.78 is 7.93. The van der Waals surface area contributed by atoms with E-state index in [2.05, 4.69) is 56.4 Å². The van der Waals surface area contributed by atoms with Crippen molar-refractivity contribution in [3.8, 4) is 5.75 Å². The summed E-state index contributed by atoms with van der Waals surface area (Å²) in [5.41, 5.74) is 4.80. The van der Waals surface area contributed by atoms with Crippen molar-refractivity contribution in [2.45, 2.75) is 60.1 Å². The first-order valence-electron chi connectivity index (χ1n) is 10.1. The van der Waals surface area contributed by atoms with Crippen LogP contribution in [0.1, 0.15) is 43.3 Å². The summed E-state index contributed by atoms with van der Waals surface area (Å²) in [5.74, 6) is 1.70. The summed E-state index contributed by atoms with van der Waals surface area (Å²) >= 11 is 0. The van der Waals surface area contributed by atoms with Crippen LogP contribution >= 0.6 is 0 Å². The van der Waals surface area contributed by atoms with Gasteiger partial charge in [-0.25, -0.2) is 4.99 Å². The van der Waals surface area contributed by atoms with Crippen LogP contribution in [0.3, 0.4) is 0 Å². The Morgan fingerprint density at radius 3 is 2.61 bits per heavy atom. The van der Waals surface area contributed by atoms with Crippen molar-refractivity contribution in [1.29, 1.82) is 0 Å². The fourth-order valence-electron chi connectivity index (χ4n) is 3.20. The number of guanidine groups is 1. The Labute approximate surface area is 169 Å². The third-order valence-electron chi connectivity index (χ3n) is 4.73. The van der Waals surface area contributed by atoms with Crippen molar-refractivity contribution in [3.63, 3.8) is 0 Å². The number of aryl methyl sites for hydroxylation is 3. The molecule has 2 aromatic rings. The molecule has 0 aliphatic carbocycles. The average molecular weight is 386 g/mol. The highest BCUT2D eigenvalue weighted by Gasteiger charge is 2.14. The maximum Gasteiger partial charge on any atom is 0.191 e. The highest BCUT2D eigenvalue weighted by molar-refractivity contribution is 5.80. The van der Waals surface area contributed by atoms with Gasteiger partial charge in [-0.05, 0) is 71.2 Å². The molecule has 154 valence electrons. The molecule has 6 nitrogen and oxygen atoms in total. The number of rotatable bonds is 8. The number of hydrogen-bond donors (Lipinski definition) is 2. The van der Waals surface area contributed by atoms with Gasteiger partial charge in [0.05, 0.1) is 12.2 Å². The number of hydrogen-bond acceptors (Lipinski definition) is 3. The Kier molecular flexibility index (Phi) is 7.91. The average Bonchev–Trinajstić information content (AvgIpc) is 2.86. The first kappa shape index (κ1) is 21.8. The fraction of sp³-hybridized carbons (Fsp3) is 0.545. The molecule has 2 unspecified atom stereocenters. The van der Waals surface area contributed by atoms with Gasteiger partial charge in [0.1, 0.15) is 11.9 Å². The van der Waals surface area contributed by atoms with Gasteiger partial charge in [0.25, 0.3) is 0 Å². The predicted molar refractivity (Wildman–Crippen MR) is 116 cm³/mol. The molecular weight excluding hydrogens is 350 g/mol. The Morgan fingerprint density at radius 1 is 1.25 bits per heavy atom. The van der Waals surface area contributed by atoms with E-state index in [1.807, 2.05) is 36.9 Å². The lowest BCUT2D eigenvalue weighted by molar-refractivity contribution is 0.230. The summed E-state index contributed by atoms with van der Waals surface area (Å²) in [5, 5.41) is 11.3. The van der Waals surface area contributed by atoms with E-state index in [4.69, 9.17) is 9.73 Å². The van der Waals surface area contributed by atoms with Crippen LogP contribution in [-0.2, 0) is 13.5 Å². The lowest BCUT2D eigenvalue weighted by atomic mass is 10.1. The molecule has 2 rings (SSSR count). The molecule has 0 aliphatic rings. The van der Waals surface area contributed by atoms with Crippen LogP contribution in [0.4, 0.5) is 0 Å². The van der Waals surface area contributed by atoms with Gasteiger partial charge in [0, 0.05) is 25.3 Å². The van der Waals surface area contributed by atoms with Crippen molar-refractivity contribution < 1.29 is 4.74 Å². The molecule has 0 fully saturated rings. The maximum absolute atomic E-state index is 5.98. The second kappa shape index (κ2) is 10.2. The Bertz CT molecular complexity index is 796. The monoisotopic (exact) mass is 385 g/mol. The minimum absolute atomic E-state index is 0.00428.